The van der Waals surface area contributed by atoms with Crippen molar-refractivity contribution in [3.63, 3.8) is 0 Å². The van der Waals surface area contributed by atoms with Crippen molar-refractivity contribution >= 4 is 40.2 Å². The van der Waals surface area contributed by atoms with E-state index in [1.165, 1.54) is 11.8 Å². The summed E-state index contributed by atoms with van der Waals surface area (Å²) in [7, 11) is 1.58. The number of hydrogen-bond acceptors (Lipinski definition) is 4. The van der Waals surface area contributed by atoms with Gasteiger partial charge in [-0.2, -0.15) is 0 Å². The lowest BCUT2D eigenvalue weighted by Gasteiger charge is -2.13. The summed E-state index contributed by atoms with van der Waals surface area (Å²) in [6.45, 7) is 0.365. The molecule has 0 fully saturated rings. The number of hydrogen-bond donors (Lipinski definition) is 1. The molecule has 0 saturated carbocycles. The summed E-state index contributed by atoms with van der Waals surface area (Å²) in [6, 6.07) is 14.5. The molecule has 128 valence electrons. The van der Waals surface area contributed by atoms with Crippen LogP contribution >= 0.6 is 23.4 Å². The summed E-state index contributed by atoms with van der Waals surface area (Å²) in [4.78, 5) is 29.1. The standard InChI is InChI=1S/C18H16ClN3O2S/c1-20-16(23)11-25-18-21-15-5-3-2-4-14(15)17(24)22(18)10-12-6-8-13(19)9-7-12/h2-9H,10-11H2,1H3,(H,20,23). The Morgan fingerprint density at radius 1 is 1.20 bits per heavy atom. The Kier molecular flexibility index (Phi) is 5.40. The zero-order valence-electron chi connectivity index (χ0n) is 13.5. The number of fused-ring (bicyclic) bond motifs is 1. The molecule has 1 heterocycles. The minimum absolute atomic E-state index is 0.120. The van der Waals surface area contributed by atoms with Crippen molar-refractivity contribution < 1.29 is 4.79 Å². The minimum Gasteiger partial charge on any atom is -0.358 e. The molecule has 0 aliphatic carbocycles. The second-order valence-corrected chi connectivity index (χ2v) is 6.77. The first-order chi connectivity index (χ1) is 12.1. The number of nitrogens with zero attached hydrogens (tertiary/aromatic N) is 2. The Morgan fingerprint density at radius 2 is 1.92 bits per heavy atom. The van der Waals surface area contributed by atoms with Crippen LogP contribution in [0, 0.1) is 0 Å². The molecule has 0 spiro atoms. The molecule has 3 rings (SSSR count). The highest BCUT2D eigenvalue weighted by atomic mass is 35.5. The van der Waals surface area contributed by atoms with Crippen molar-refractivity contribution in [3.8, 4) is 0 Å². The first kappa shape index (κ1) is 17.5. The number of thioether (sulfide) groups is 1. The Labute approximate surface area is 154 Å². The van der Waals surface area contributed by atoms with E-state index in [-0.39, 0.29) is 17.2 Å². The first-order valence-corrected chi connectivity index (χ1v) is 9.02. The number of nitrogens with one attached hydrogen (secondary N) is 1. The molecule has 0 atom stereocenters. The van der Waals surface area contributed by atoms with Crippen LogP contribution in [-0.4, -0.2) is 28.3 Å². The van der Waals surface area contributed by atoms with Gasteiger partial charge in [0, 0.05) is 12.1 Å². The van der Waals surface area contributed by atoms with Crippen molar-refractivity contribution in [2.24, 2.45) is 0 Å². The molecule has 0 bridgehead atoms. The van der Waals surface area contributed by atoms with Gasteiger partial charge in [0.05, 0.1) is 23.2 Å². The van der Waals surface area contributed by atoms with Gasteiger partial charge in [-0.15, -0.1) is 0 Å². The number of rotatable bonds is 5. The van der Waals surface area contributed by atoms with E-state index in [4.69, 9.17) is 11.6 Å². The lowest BCUT2D eigenvalue weighted by atomic mass is 10.2. The van der Waals surface area contributed by atoms with E-state index in [1.54, 1.807) is 35.9 Å². The van der Waals surface area contributed by atoms with Gasteiger partial charge in [-0.3, -0.25) is 14.2 Å². The molecule has 0 aliphatic rings. The fourth-order valence-corrected chi connectivity index (χ4v) is 3.37. The molecule has 0 unspecified atom stereocenters. The highest BCUT2D eigenvalue weighted by molar-refractivity contribution is 7.99. The Bertz CT molecular complexity index is 970. The average molecular weight is 374 g/mol. The van der Waals surface area contributed by atoms with Crippen LogP contribution in [0.25, 0.3) is 10.9 Å². The van der Waals surface area contributed by atoms with Crippen LogP contribution in [0.4, 0.5) is 0 Å². The zero-order valence-corrected chi connectivity index (χ0v) is 15.1. The van der Waals surface area contributed by atoms with Crippen molar-refractivity contribution in [2.45, 2.75) is 11.7 Å². The average Bonchev–Trinajstić information content (AvgIpc) is 2.64. The Morgan fingerprint density at radius 3 is 2.64 bits per heavy atom. The Balaban J connectivity index is 2.05. The van der Waals surface area contributed by atoms with Gasteiger partial charge in [-0.05, 0) is 29.8 Å². The highest BCUT2D eigenvalue weighted by Crippen LogP contribution is 2.19. The van der Waals surface area contributed by atoms with Gasteiger partial charge in [0.2, 0.25) is 5.91 Å². The molecule has 2 aromatic carbocycles. The number of carbonyl (C=O) groups excluding carboxylic acids is 1. The number of aromatic nitrogens is 2. The van der Waals surface area contributed by atoms with E-state index in [0.717, 1.165) is 5.56 Å². The van der Waals surface area contributed by atoms with E-state index in [1.807, 2.05) is 24.3 Å². The molecule has 7 heteroatoms. The van der Waals surface area contributed by atoms with Crippen LogP contribution in [0.5, 0.6) is 0 Å². The maximum atomic E-state index is 12.9. The predicted octanol–water partition coefficient (Wildman–Crippen LogP) is 2.94. The van der Waals surface area contributed by atoms with E-state index in [9.17, 15) is 9.59 Å². The van der Waals surface area contributed by atoms with Gasteiger partial charge in [-0.25, -0.2) is 4.98 Å². The third kappa shape index (κ3) is 4.03. The number of amides is 1. The highest BCUT2D eigenvalue weighted by Gasteiger charge is 2.13. The summed E-state index contributed by atoms with van der Waals surface area (Å²) in [5.74, 6) is 0.0764. The van der Waals surface area contributed by atoms with Crippen LogP contribution < -0.4 is 10.9 Å². The lowest BCUT2D eigenvalue weighted by Crippen LogP contribution is -2.25. The number of para-hydroxylation sites is 1. The normalized spacial score (nSPS) is 10.8. The molecule has 3 aromatic rings. The maximum Gasteiger partial charge on any atom is 0.262 e. The summed E-state index contributed by atoms with van der Waals surface area (Å²) >= 11 is 7.17. The van der Waals surface area contributed by atoms with E-state index in [2.05, 4.69) is 10.3 Å². The molecule has 5 nitrogen and oxygen atoms in total. The van der Waals surface area contributed by atoms with E-state index >= 15 is 0 Å². The molecule has 1 aromatic heterocycles. The number of benzene rings is 2. The Hall–Kier alpha value is -2.31. The molecular formula is C18H16ClN3O2S. The summed E-state index contributed by atoms with van der Waals surface area (Å²) in [6.07, 6.45) is 0. The molecular weight excluding hydrogens is 358 g/mol. The second kappa shape index (κ2) is 7.72. The summed E-state index contributed by atoms with van der Waals surface area (Å²) in [5, 5.41) is 4.29. The molecule has 1 amide bonds. The van der Waals surface area contributed by atoms with Crippen LogP contribution in [0.2, 0.25) is 5.02 Å². The SMILES string of the molecule is CNC(=O)CSc1nc2ccccc2c(=O)n1Cc1ccc(Cl)cc1. The number of halogens is 1. The van der Waals surface area contributed by atoms with Crippen molar-refractivity contribution in [3.05, 3.63) is 69.5 Å². The van der Waals surface area contributed by atoms with Gasteiger partial charge < -0.3 is 5.32 Å². The molecule has 1 N–H and O–H groups in total. The topological polar surface area (TPSA) is 64.0 Å². The zero-order chi connectivity index (χ0) is 17.8. The second-order valence-electron chi connectivity index (χ2n) is 5.39. The molecule has 25 heavy (non-hydrogen) atoms. The smallest absolute Gasteiger partial charge is 0.262 e. The van der Waals surface area contributed by atoms with Gasteiger partial charge in [0.25, 0.3) is 5.56 Å². The third-order valence-corrected chi connectivity index (χ3v) is 4.92. The van der Waals surface area contributed by atoms with Crippen LogP contribution in [-0.2, 0) is 11.3 Å². The van der Waals surface area contributed by atoms with E-state index < -0.39 is 0 Å². The molecule has 0 radical (unpaired) electrons. The first-order valence-electron chi connectivity index (χ1n) is 7.66. The lowest BCUT2D eigenvalue weighted by molar-refractivity contribution is -0.118. The largest absolute Gasteiger partial charge is 0.358 e. The van der Waals surface area contributed by atoms with Gasteiger partial charge in [-0.1, -0.05) is 47.6 Å². The quantitative estimate of drug-likeness (QED) is 0.551. The van der Waals surface area contributed by atoms with Crippen molar-refractivity contribution in [1.82, 2.24) is 14.9 Å². The van der Waals surface area contributed by atoms with Crippen molar-refractivity contribution in [1.29, 1.82) is 0 Å². The van der Waals surface area contributed by atoms with Gasteiger partial charge in [0.1, 0.15) is 0 Å². The van der Waals surface area contributed by atoms with E-state index in [0.29, 0.717) is 27.6 Å². The summed E-state index contributed by atoms with van der Waals surface area (Å²) in [5.41, 5.74) is 1.43. The monoisotopic (exact) mass is 373 g/mol. The maximum absolute atomic E-state index is 12.9. The van der Waals surface area contributed by atoms with Crippen molar-refractivity contribution in [2.75, 3.05) is 12.8 Å². The van der Waals surface area contributed by atoms with Gasteiger partial charge in [0.15, 0.2) is 5.16 Å². The van der Waals surface area contributed by atoms with Crippen LogP contribution in [0.3, 0.4) is 0 Å². The predicted molar refractivity (Wildman–Crippen MR) is 101 cm³/mol. The summed E-state index contributed by atoms with van der Waals surface area (Å²) < 4.78 is 1.60. The molecule has 0 aliphatic heterocycles. The fourth-order valence-electron chi connectivity index (χ4n) is 2.37. The number of carbonyl (C=O) groups is 1. The van der Waals surface area contributed by atoms with Crippen LogP contribution in [0.15, 0.2) is 58.5 Å². The molecule has 0 saturated heterocycles. The third-order valence-electron chi connectivity index (χ3n) is 3.69. The van der Waals surface area contributed by atoms with Crippen LogP contribution in [0.1, 0.15) is 5.56 Å². The fraction of sp³-hybridized carbons (Fsp3) is 0.167. The van der Waals surface area contributed by atoms with Gasteiger partial charge >= 0.3 is 0 Å². The minimum atomic E-state index is -0.125.